The second kappa shape index (κ2) is 19.5. The Bertz CT molecular complexity index is 1320. The zero-order chi connectivity index (χ0) is 37.9. The molecule has 282 valence electrons. The van der Waals surface area contributed by atoms with E-state index in [0.29, 0.717) is 18.4 Å². The number of carbonyl (C=O) groups is 3. The van der Waals surface area contributed by atoms with Crippen LogP contribution in [0.4, 0.5) is 0 Å². The molecule has 12 atom stereocenters. The van der Waals surface area contributed by atoms with Crippen LogP contribution in [0.5, 0.6) is 0 Å². The van der Waals surface area contributed by atoms with Gasteiger partial charge in [0.25, 0.3) is 0 Å². The molecule has 0 aromatic rings. The van der Waals surface area contributed by atoms with E-state index in [4.69, 9.17) is 29.4 Å². The molecule has 11 heteroatoms. The van der Waals surface area contributed by atoms with Gasteiger partial charge in [-0.25, -0.2) is 9.59 Å². The minimum Gasteiger partial charge on any atom is -0.459 e. The molecule has 11 nitrogen and oxygen atoms in total. The zero-order valence-corrected chi connectivity index (χ0v) is 31.8. The van der Waals surface area contributed by atoms with E-state index in [-0.39, 0.29) is 30.3 Å². The molecule has 0 aliphatic carbocycles. The van der Waals surface area contributed by atoms with Crippen LogP contribution in [0.25, 0.3) is 0 Å². The second-order valence-corrected chi connectivity index (χ2v) is 14.2. The van der Waals surface area contributed by atoms with Gasteiger partial charge in [-0.05, 0) is 45.6 Å². The van der Waals surface area contributed by atoms with Gasteiger partial charge in [0.15, 0.2) is 5.79 Å². The molecule has 0 spiro atoms. The first-order valence-electron chi connectivity index (χ1n) is 17.6. The van der Waals surface area contributed by atoms with Gasteiger partial charge in [-0.15, -0.1) is 0 Å². The number of aliphatic hydroxyl groups is 2. The Hall–Kier alpha value is -3.09. The standard InChI is InChI=1S/C39H61NO10/c1-12-30-27(7)32(48-34(42)17-16-33(40)41)21-39(47-11,50-30)29(9)36(44)28(8)37-31(46-10)15-13-14-22(2)18-24(4)35(43)25(5)19-23(3)20-26(6)38(45)49-37/h13-17,19-20,24-25,27-32,35-37,43-44H,12,18,21H2,1-11H3,(H2,40,41)/b15-13+,17-16+,22-14+,23-19+,26-20+/t24-,25+,27+,28-,29-,30-,31-,32-,35+,36+,37-,39-/m1/s1. The third kappa shape index (κ3) is 11.5. The number of esters is 2. The van der Waals surface area contributed by atoms with Gasteiger partial charge < -0.3 is 39.6 Å². The van der Waals surface area contributed by atoms with E-state index >= 15 is 0 Å². The van der Waals surface area contributed by atoms with Crippen LogP contribution in [-0.2, 0) is 38.1 Å². The van der Waals surface area contributed by atoms with E-state index in [9.17, 15) is 24.6 Å². The molecule has 2 aliphatic heterocycles. The summed E-state index contributed by atoms with van der Waals surface area (Å²) in [5.41, 5.74) is 7.38. The second-order valence-electron chi connectivity index (χ2n) is 14.2. The Balaban J connectivity index is 2.53. The first-order valence-corrected chi connectivity index (χ1v) is 17.6. The maximum absolute atomic E-state index is 13.6. The number of cyclic esters (lactones) is 1. The molecule has 0 aromatic carbocycles. The fourth-order valence-corrected chi connectivity index (χ4v) is 7.10. The summed E-state index contributed by atoms with van der Waals surface area (Å²) >= 11 is 0. The molecular weight excluding hydrogens is 642 g/mol. The number of nitrogens with two attached hydrogens (primary N) is 1. The van der Waals surface area contributed by atoms with Crippen molar-refractivity contribution in [3.05, 3.63) is 59.3 Å². The van der Waals surface area contributed by atoms with Crippen molar-refractivity contribution in [3.8, 4) is 0 Å². The van der Waals surface area contributed by atoms with Crippen molar-refractivity contribution in [2.75, 3.05) is 14.2 Å². The summed E-state index contributed by atoms with van der Waals surface area (Å²) < 4.78 is 30.3. The maximum Gasteiger partial charge on any atom is 0.334 e. The van der Waals surface area contributed by atoms with Crippen LogP contribution in [0.3, 0.4) is 0 Å². The van der Waals surface area contributed by atoms with Crippen LogP contribution in [0.1, 0.15) is 81.6 Å². The number of ether oxygens (including phenoxy) is 5. The number of hydrogen-bond donors (Lipinski definition) is 3. The van der Waals surface area contributed by atoms with Gasteiger partial charge in [0.05, 0.1) is 18.3 Å². The van der Waals surface area contributed by atoms with Crippen molar-refractivity contribution < 1.29 is 48.3 Å². The minimum absolute atomic E-state index is 0.00408. The topological polar surface area (TPSA) is 164 Å². The molecule has 2 heterocycles. The highest BCUT2D eigenvalue weighted by Gasteiger charge is 2.53. The molecule has 4 N–H and O–H groups in total. The fraction of sp³-hybridized carbons (Fsp3) is 0.667. The normalized spacial score (nSPS) is 37.5. The first-order chi connectivity index (χ1) is 23.4. The van der Waals surface area contributed by atoms with Crippen molar-refractivity contribution >= 4 is 17.8 Å². The van der Waals surface area contributed by atoms with Crippen molar-refractivity contribution in [3.63, 3.8) is 0 Å². The summed E-state index contributed by atoms with van der Waals surface area (Å²) in [5.74, 6) is -5.20. The monoisotopic (exact) mass is 703 g/mol. The van der Waals surface area contributed by atoms with Gasteiger partial charge >= 0.3 is 11.9 Å². The molecule has 50 heavy (non-hydrogen) atoms. The largest absolute Gasteiger partial charge is 0.459 e. The lowest BCUT2D eigenvalue weighted by Gasteiger charge is -2.50. The first kappa shape index (κ1) is 43.1. The zero-order valence-electron chi connectivity index (χ0n) is 31.8. The number of amides is 1. The third-order valence-electron chi connectivity index (χ3n) is 10.2. The van der Waals surface area contributed by atoms with Crippen LogP contribution in [0.15, 0.2) is 59.3 Å². The van der Waals surface area contributed by atoms with E-state index in [0.717, 1.165) is 23.3 Å². The molecule has 1 fully saturated rings. The molecule has 1 saturated heterocycles. The van der Waals surface area contributed by atoms with Gasteiger partial charge in [-0.1, -0.05) is 77.0 Å². The van der Waals surface area contributed by atoms with Crippen LogP contribution in [-0.4, -0.2) is 84.7 Å². The van der Waals surface area contributed by atoms with Crippen LogP contribution in [0, 0.1) is 29.6 Å². The molecule has 0 unspecified atom stereocenters. The van der Waals surface area contributed by atoms with E-state index in [1.54, 1.807) is 32.9 Å². The average molecular weight is 704 g/mol. The van der Waals surface area contributed by atoms with Gasteiger partial charge in [0.2, 0.25) is 5.91 Å². The Morgan fingerprint density at radius 3 is 2.38 bits per heavy atom. The lowest BCUT2D eigenvalue weighted by molar-refractivity contribution is -0.333. The number of carbonyl (C=O) groups excluding carboxylic acids is 3. The number of aliphatic hydroxyl groups excluding tert-OH is 2. The Kier molecular flexibility index (Phi) is 16.8. The molecule has 0 radical (unpaired) electrons. The number of allylic oxidation sites excluding steroid dienone is 5. The maximum atomic E-state index is 13.6. The van der Waals surface area contributed by atoms with E-state index in [1.807, 2.05) is 59.8 Å². The van der Waals surface area contributed by atoms with Crippen molar-refractivity contribution in [2.45, 2.75) is 124 Å². The minimum atomic E-state index is -1.38. The van der Waals surface area contributed by atoms with Gasteiger partial charge in [0.1, 0.15) is 18.3 Å². The Labute approximate surface area is 298 Å². The van der Waals surface area contributed by atoms with Gasteiger partial charge in [-0.2, -0.15) is 0 Å². The highest BCUT2D eigenvalue weighted by Crippen LogP contribution is 2.43. The number of primary amides is 1. The molecule has 1 amide bonds. The number of methoxy groups -OCH3 is 2. The summed E-state index contributed by atoms with van der Waals surface area (Å²) in [7, 11) is 3.00. The molecule has 2 rings (SSSR count). The fourth-order valence-electron chi connectivity index (χ4n) is 7.10. The highest BCUT2D eigenvalue weighted by molar-refractivity contribution is 5.93. The van der Waals surface area contributed by atoms with Crippen LogP contribution < -0.4 is 5.73 Å². The van der Waals surface area contributed by atoms with Crippen molar-refractivity contribution in [2.24, 2.45) is 35.3 Å². The number of rotatable bonds is 10. The predicted molar refractivity (Wildman–Crippen MR) is 191 cm³/mol. The molecule has 2 aliphatic rings. The molecular formula is C39H61NO10. The molecule has 0 aromatic heterocycles. The SMILES string of the molecule is CC[C@H]1O[C@@](OC)([C@H](C)[C@@H](O)[C@@H](C)[C@H]2OC(=O)/C(C)=C/C(C)=C/[C@H](C)[C@@H](O)[C@H](C)C/C(C)=C/C=C/[C@H]2OC)C[C@@H](OC(=O)/C=C/C(N)=O)[C@H]1C. The van der Waals surface area contributed by atoms with E-state index in [2.05, 4.69) is 0 Å². The lowest BCUT2D eigenvalue weighted by atomic mass is 9.77. The summed E-state index contributed by atoms with van der Waals surface area (Å²) in [5, 5.41) is 23.0. The van der Waals surface area contributed by atoms with Gasteiger partial charge in [0, 0.05) is 62.0 Å². The van der Waals surface area contributed by atoms with E-state index in [1.165, 1.54) is 14.2 Å². The predicted octanol–water partition coefficient (Wildman–Crippen LogP) is 5.11. The van der Waals surface area contributed by atoms with Gasteiger partial charge in [-0.3, -0.25) is 4.79 Å². The molecule has 0 bridgehead atoms. The summed E-state index contributed by atoms with van der Waals surface area (Å²) in [6, 6.07) is 0. The quantitative estimate of drug-likeness (QED) is 0.206. The van der Waals surface area contributed by atoms with E-state index < -0.39 is 66.0 Å². The van der Waals surface area contributed by atoms with Crippen molar-refractivity contribution in [1.82, 2.24) is 0 Å². The Morgan fingerprint density at radius 2 is 1.80 bits per heavy atom. The highest BCUT2D eigenvalue weighted by atomic mass is 16.7. The Morgan fingerprint density at radius 1 is 1.14 bits per heavy atom. The summed E-state index contributed by atoms with van der Waals surface area (Å²) in [6.45, 7) is 16.9. The average Bonchev–Trinajstić information content (AvgIpc) is 3.07. The number of hydrogen-bond acceptors (Lipinski definition) is 10. The van der Waals surface area contributed by atoms with Crippen LogP contribution in [0.2, 0.25) is 0 Å². The summed E-state index contributed by atoms with van der Waals surface area (Å²) in [4.78, 5) is 37.3. The van der Waals surface area contributed by atoms with Crippen molar-refractivity contribution in [1.29, 1.82) is 0 Å². The van der Waals surface area contributed by atoms with Crippen LogP contribution >= 0.6 is 0 Å². The lowest BCUT2D eigenvalue weighted by Crippen LogP contribution is -2.59. The smallest absolute Gasteiger partial charge is 0.334 e. The third-order valence-corrected chi connectivity index (χ3v) is 10.2. The molecule has 0 saturated carbocycles. The summed E-state index contributed by atoms with van der Waals surface area (Å²) in [6.07, 6.45) is 8.13.